The van der Waals surface area contributed by atoms with Gasteiger partial charge in [0.15, 0.2) is 0 Å². The van der Waals surface area contributed by atoms with E-state index in [2.05, 4.69) is 0 Å². The lowest BCUT2D eigenvalue weighted by atomic mass is 9.96. The summed E-state index contributed by atoms with van der Waals surface area (Å²) >= 11 is 0. The second-order valence-corrected chi connectivity index (χ2v) is 10.1. The predicted molar refractivity (Wildman–Crippen MR) is 120 cm³/mol. The second kappa shape index (κ2) is 9.09. The zero-order valence-electron chi connectivity index (χ0n) is 18.2. The standard InChI is InChI=1S/C23H29N3O4S/c1-16-4-6-21(7-5-16)31(29,30)26(20-13-17(2)12-18(3)14-20)15-22(27)25-10-8-19(9-11-25)23(24)28/h4-7,12-14,19H,8-11,15H2,1-3H3,(H2,24,28). The third kappa shape index (κ3) is 5.25. The van der Waals surface area contributed by atoms with Crippen molar-refractivity contribution in [2.45, 2.75) is 38.5 Å². The molecule has 0 radical (unpaired) electrons. The molecule has 0 bridgehead atoms. The summed E-state index contributed by atoms with van der Waals surface area (Å²) in [4.78, 5) is 26.2. The van der Waals surface area contributed by atoms with Crippen LogP contribution >= 0.6 is 0 Å². The molecule has 0 spiro atoms. The van der Waals surface area contributed by atoms with E-state index >= 15 is 0 Å². The van der Waals surface area contributed by atoms with Gasteiger partial charge < -0.3 is 10.6 Å². The van der Waals surface area contributed by atoms with Gasteiger partial charge in [0.25, 0.3) is 10.0 Å². The Labute approximate surface area is 183 Å². The minimum absolute atomic E-state index is 0.137. The number of likely N-dealkylation sites (tertiary alicyclic amines) is 1. The van der Waals surface area contributed by atoms with E-state index in [0.717, 1.165) is 16.7 Å². The molecular formula is C23H29N3O4S. The highest BCUT2D eigenvalue weighted by atomic mass is 32.2. The van der Waals surface area contributed by atoms with Crippen molar-refractivity contribution in [1.29, 1.82) is 0 Å². The van der Waals surface area contributed by atoms with Crippen molar-refractivity contribution in [2.24, 2.45) is 11.7 Å². The van der Waals surface area contributed by atoms with Crippen LogP contribution in [-0.4, -0.2) is 44.8 Å². The lowest BCUT2D eigenvalue weighted by Gasteiger charge is -2.33. The van der Waals surface area contributed by atoms with Gasteiger partial charge in [-0.05, 0) is 69.0 Å². The highest BCUT2D eigenvalue weighted by molar-refractivity contribution is 7.92. The summed E-state index contributed by atoms with van der Waals surface area (Å²) in [7, 11) is -3.95. The minimum atomic E-state index is -3.95. The summed E-state index contributed by atoms with van der Waals surface area (Å²) in [5, 5.41) is 0. The molecule has 31 heavy (non-hydrogen) atoms. The quantitative estimate of drug-likeness (QED) is 0.741. The molecule has 3 rings (SSSR count). The monoisotopic (exact) mass is 443 g/mol. The van der Waals surface area contributed by atoms with Crippen LogP contribution in [-0.2, 0) is 19.6 Å². The number of benzene rings is 2. The summed E-state index contributed by atoms with van der Waals surface area (Å²) in [6, 6.07) is 12.1. The largest absolute Gasteiger partial charge is 0.369 e. The van der Waals surface area contributed by atoms with Crippen LogP contribution in [0.4, 0.5) is 5.69 Å². The van der Waals surface area contributed by atoms with E-state index in [0.29, 0.717) is 31.6 Å². The molecule has 0 atom stereocenters. The number of carbonyl (C=O) groups excluding carboxylic acids is 2. The number of rotatable bonds is 6. The minimum Gasteiger partial charge on any atom is -0.369 e. The number of sulfonamides is 1. The molecular weight excluding hydrogens is 414 g/mol. The van der Waals surface area contributed by atoms with Crippen LogP contribution in [0.2, 0.25) is 0 Å². The van der Waals surface area contributed by atoms with E-state index in [-0.39, 0.29) is 29.2 Å². The van der Waals surface area contributed by atoms with Gasteiger partial charge in [0.05, 0.1) is 10.6 Å². The smallest absolute Gasteiger partial charge is 0.264 e. The number of anilines is 1. The zero-order valence-corrected chi connectivity index (χ0v) is 19.0. The van der Waals surface area contributed by atoms with Gasteiger partial charge in [0.1, 0.15) is 6.54 Å². The Morgan fingerprint density at radius 3 is 2.03 bits per heavy atom. The number of primary amides is 1. The SMILES string of the molecule is Cc1ccc(S(=O)(=O)N(CC(=O)N2CCC(C(N)=O)CC2)c2cc(C)cc(C)c2)cc1. The third-order valence-corrected chi connectivity index (χ3v) is 7.42. The lowest BCUT2D eigenvalue weighted by Crippen LogP contribution is -2.47. The Hall–Kier alpha value is -2.87. The van der Waals surface area contributed by atoms with Crippen LogP contribution in [0.25, 0.3) is 0 Å². The van der Waals surface area contributed by atoms with E-state index in [1.807, 2.05) is 26.8 Å². The van der Waals surface area contributed by atoms with E-state index in [9.17, 15) is 18.0 Å². The molecule has 0 unspecified atom stereocenters. The van der Waals surface area contributed by atoms with Crippen molar-refractivity contribution in [2.75, 3.05) is 23.9 Å². The maximum Gasteiger partial charge on any atom is 0.264 e. The van der Waals surface area contributed by atoms with Gasteiger partial charge in [0, 0.05) is 19.0 Å². The van der Waals surface area contributed by atoms with Crippen molar-refractivity contribution >= 4 is 27.5 Å². The number of hydrogen-bond donors (Lipinski definition) is 1. The first-order valence-corrected chi connectivity index (χ1v) is 11.8. The van der Waals surface area contributed by atoms with E-state index in [4.69, 9.17) is 5.73 Å². The van der Waals surface area contributed by atoms with Gasteiger partial charge in [0.2, 0.25) is 11.8 Å². The van der Waals surface area contributed by atoms with E-state index in [1.54, 1.807) is 41.3 Å². The molecule has 0 aliphatic carbocycles. The van der Waals surface area contributed by atoms with Crippen molar-refractivity contribution in [3.8, 4) is 0 Å². The molecule has 1 aliphatic heterocycles. The lowest BCUT2D eigenvalue weighted by molar-refractivity contribution is -0.133. The first-order valence-electron chi connectivity index (χ1n) is 10.3. The summed E-state index contributed by atoms with van der Waals surface area (Å²) in [5.41, 5.74) is 8.60. The fourth-order valence-corrected chi connectivity index (χ4v) is 5.28. The Kier molecular flexibility index (Phi) is 6.69. The highest BCUT2D eigenvalue weighted by Gasteiger charge is 2.31. The normalized spacial score (nSPS) is 15.0. The van der Waals surface area contributed by atoms with Gasteiger partial charge in [-0.2, -0.15) is 0 Å². The first-order chi connectivity index (χ1) is 14.6. The molecule has 166 valence electrons. The Morgan fingerprint density at radius 1 is 0.968 bits per heavy atom. The molecule has 2 N–H and O–H groups in total. The number of aryl methyl sites for hydroxylation is 3. The van der Waals surface area contributed by atoms with Crippen LogP contribution in [0.15, 0.2) is 47.4 Å². The second-order valence-electron chi connectivity index (χ2n) is 8.23. The maximum atomic E-state index is 13.5. The van der Waals surface area contributed by atoms with Gasteiger partial charge >= 0.3 is 0 Å². The number of amides is 2. The van der Waals surface area contributed by atoms with Crippen LogP contribution in [0, 0.1) is 26.7 Å². The predicted octanol–water partition coefficient (Wildman–Crippen LogP) is 2.53. The van der Waals surface area contributed by atoms with Gasteiger partial charge in [-0.1, -0.05) is 23.8 Å². The molecule has 2 amide bonds. The number of hydrogen-bond acceptors (Lipinski definition) is 4. The molecule has 1 fully saturated rings. The molecule has 1 heterocycles. The van der Waals surface area contributed by atoms with Crippen molar-refractivity contribution < 1.29 is 18.0 Å². The van der Waals surface area contributed by atoms with Crippen LogP contribution in [0.3, 0.4) is 0 Å². The summed E-state index contributed by atoms with van der Waals surface area (Å²) in [5.74, 6) is -0.889. The molecule has 2 aromatic carbocycles. The molecule has 8 heteroatoms. The highest BCUT2D eigenvalue weighted by Crippen LogP contribution is 2.27. The summed E-state index contributed by atoms with van der Waals surface area (Å²) in [6.07, 6.45) is 0.991. The average molecular weight is 444 g/mol. The van der Waals surface area contributed by atoms with Gasteiger partial charge in [-0.3, -0.25) is 13.9 Å². The molecule has 0 aromatic heterocycles. The van der Waals surface area contributed by atoms with Crippen LogP contribution in [0.5, 0.6) is 0 Å². The van der Waals surface area contributed by atoms with Crippen molar-refractivity contribution in [1.82, 2.24) is 4.90 Å². The average Bonchev–Trinajstić information content (AvgIpc) is 2.71. The Morgan fingerprint density at radius 2 is 1.52 bits per heavy atom. The van der Waals surface area contributed by atoms with E-state index in [1.165, 1.54) is 4.31 Å². The van der Waals surface area contributed by atoms with Crippen molar-refractivity contribution in [3.63, 3.8) is 0 Å². The van der Waals surface area contributed by atoms with Gasteiger partial charge in [-0.25, -0.2) is 8.42 Å². The molecule has 0 saturated carbocycles. The zero-order chi connectivity index (χ0) is 22.8. The summed E-state index contributed by atoms with van der Waals surface area (Å²) in [6.45, 7) is 6.14. The van der Waals surface area contributed by atoms with Crippen LogP contribution < -0.4 is 10.0 Å². The van der Waals surface area contributed by atoms with Crippen LogP contribution in [0.1, 0.15) is 29.5 Å². The van der Waals surface area contributed by atoms with Gasteiger partial charge in [-0.15, -0.1) is 0 Å². The number of nitrogens with two attached hydrogens (primary N) is 1. The summed E-state index contributed by atoms with van der Waals surface area (Å²) < 4.78 is 28.2. The third-order valence-electron chi connectivity index (χ3n) is 5.63. The first kappa shape index (κ1) is 22.8. The fraction of sp³-hybridized carbons (Fsp3) is 0.391. The Bertz CT molecular complexity index is 1050. The number of piperidine rings is 1. The molecule has 1 aliphatic rings. The Balaban J connectivity index is 1.92. The molecule has 2 aromatic rings. The fourth-order valence-electron chi connectivity index (χ4n) is 3.88. The van der Waals surface area contributed by atoms with E-state index < -0.39 is 10.0 Å². The van der Waals surface area contributed by atoms with Crippen molar-refractivity contribution in [3.05, 3.63) is 59.2 Å². The molecule has 1 saturated heterocycles. The topological polar surface area (TPSA) is 101 Å². The number of carbonyl (C=O) groups is 2. The maximum absolute atomic E-state index is 13.5. The number of nitrogens with zero attached hydrogens (tertiary/aromatic N) is 2. The molecule has 7 nitrogen and oxygen atoms in total.